The number of hydrogen-bond acceptors (Lipinski definition) is 5. The summed E-state index contributed by atoms with van der Waals surface area (Å²) in [6, 6.07) is 0. The normalized spacial score (nSPS) is 12.5. The maximum Gasteiger partial charge on any atom is 0.264 e. The van der Waals surface area contributed by atoms with Crippen molar-refractivity contribution in [1.29, 1.82) is 0 Å². The second-order valence-electron chi connectivity index (χ2n) is 2.34. The molecule has 0 fully saturated rings. The van der Waals surface area contributed by atoms with E-state index in [0.29, 0.717) is 4.88 Å². The molecule has 0 bridgehead atoms. The third kappa shape index (κ3) is 2.55. The lowest BCUT2D eigenvalue weighted by molar-refractivity contribution is 0.0928. The lowest BCUT2D eigenvalue weighted by Gasteiger charge is -2.03. The summed E-state index contributed by atoms with van der Waals surface area (Å²) in [5.74, 6) is -0.245. The highest BCUT2D eigenvalue weighted by Crippen LogP contribution is 2.00. The van der Waals surface area contributed by atoms with Crippen LogP contribution in [-0.4, -0.2) is 33.2 Å². The molecule has 1 rings (SSSR count). The molecule has 1 heterocycles. The molecule has 0 aliphatic carbocycles. The number of rotatable bonds is 3. The van der Waals surface area contributed by atoms with E-state index < -0.39 is 6.10 Å². The van der Waals surface area contributed by atoms with Crippen LogP contribution in [-0.2, 0) is 0 Å². The topological polar surface area (TPSA) is 75.1 Å². The lowest BCUT2D eigenvalue weighted by atomic mass is 10.4. The average molecular weight is 187 g/mol. The summed E-state index contributed by atoms with van der Waals surface area (Å²) in [7, 11) is 0. The van der Waals surface area contributed by atoms with E-state index in [-0.39, 0.29) is 12.5 Å². The van der Waals surface area contributed by atoms with Crippen molar-refractivity contribution in [3.63, 3.8) is 0 Å². The van der Waals surface area contributed by atoms with Gasteiger partial charge in [-0.2, -0.15) is 0 Å². The third-order valence-corrected chi connectivity index (χ3v) is 1.81. The van der Waals surface area contributed by atoms with Crippen molar-refractivity contribution in [2.75, 3.05) is 6.54 Å². The van der Waals surface area contributed by atoms with Crippen molar-refractivity contribution in [1.82, 2.24) is 14.9 Å². The van der Waals surface area contributed by atoms with Gasteiger partial charge in [-0.3, -0.25) is 4.79 Å². The van der Waals surface area contributed by atoms with Crippen molar-refractivity contribution in [3.05, 3.63) is 11.1 Å². The molecular weight excluding hydrogens is 178 g/mol. The van der Waals surface area contributed by atoms with Gasteiger partial charge in [-0.05, 0) is 18.5 Å². The van der Waals surface area contributed by atoms with Crippen LogP contribution in [0.25, 0.3) is 0 Å². The molecule has 12 heavy (non-hydrogen) atoms. The summed E-state index contributed by atoms with van der Waals surface area (Å²) in [5, 5.41) is 14.9. The number of nitrogens with one attached hydrogen (secondary N) is 1. The predicted octanol–water partition coefficient (Wildman–Crippen LogP) is -0.351. The van der Waals surface area contributed by atoms with Gasteiger partial charge in [-0.25, -0.2) is 0 Å². The quantitative estimate of drug-likeness (QED) is 0.678. The molecule has 1 unspecified atom stereocenters. The number of carbonyl (C=O) groups excluding carboxylic acids is 1. The minimum atomic E-state index is -0.533. The van der Waals surface area contributed by atoms with Gasteiger partial charge >= 0.3 is 0 Å². The molecule has 0 radical (unpaired) electrons. The fraction of sp³-hybridized carbons (Fsp3) is 0.500. The van der Waals surface area contributed by atoms with E-state index in [2.05, 4.69) is 14.9 Å². The van der Waals surface area contributed by atoms with E-state index in [1.807, 2.05) is 0 Å². The Hall–Kier alpha value is -1.01. The molecule has 1 aromatic heterocycles. The predicted molar refractivity (Wildman–Crippen MR) is 43.9 cm³/mol. The van der Waals surface area contributed by atoms with Gasteiger partial charge < -0.3 is 10.4 Å². The molecule has 0 saturated carbocycles. The fourth-order valence-electron chi connectivity index (χ4n) is 0.595. The van der Waals surface area contributed by atoms with Crippen molar-refractivity contribution < 1.29 is 9.90 Å². The van der Waals surface area contributed by atoms with E-state index in [9.17, 15) is 4.79 Å². The van der Waals surface area contributed by atoms with E-state index in [0.717, 1.165) is 11.5 Å². The number of aliphatic hydroxyl groups is 1. The summed E-state index contributed by atoms with van der Waals surface area (Å²) in [6.07, 6.45) is 0.858. The number of aromatic nitrogens is 2. The van der Waals surface area contributed by atoms with Crippen LogP contribution >= 0.6 is 11.5 Å². The van der Waals surface area contributed by atoms with Crippen molar-refractivity contribution in [3.8, 4) is 0 Å². The SMILES string of the molecule is CC(O)CNC(=O)c1cnns1. The van der Waals surface area contributed by atoms with Gasteiger partial charge in [0.15, 0.2) is 0 Å². The Morgan fingerprint density at radius 1 is 1.92 bits per heavy atom. The Kier molecular flexibility index (Phi) is 3.12. The second-order valence-corrected chi connectivity index (χ2v) is 3.13. The number of hydrogen-bond donors (Lipinski definition) is 2. The largest absolute Gasteiger partial charge is 0.392 e. The average Bonchev–Trinajstić information content (AvgIpc) is 2.51. The van der Waals surface area contributed by atoms with Crippen LogP contribution in [0, 0.1) is 0 Å². The first-order valence-corrected chi connectivity index (χ1v) is 4.21. The van der Waals surface area contributed by atoms with Crippen molar-refractivity contribution in [2.24, 2.45) is 0 Å². The Morgan fingerprint density at radius 2 is 2.67 bits per heavy atom. The summed E-state index contributed by atoms with van der Waals surface area (Å²) in [6.45, 7) is 1.85. The van der Waals surface area contributed by atoms with E-state index in [4.69, 9.17) is 5.11 Å². The molecule has 0 aliphatic heterocycles. The van der Waals surface area contributed by atoms with Crippen LogP contribution in [0.1, 0.15) is 16.6 Å². The van der Waals surface area contributed by atoms with Crippen LogP contribution in [0.2, 0.25) is 0 Å². The maximum absolute atomic E-state index is 11.1. The van der Waals surface area contributed by atoms with Gasteiger partial charge in [0.2, 0.25) is 0 Å². The van der Waals surface area contributed by atoms with Gasteiger partial charge in [0.1, 0.15) is 4.88 Å². The molecule has 0 saturated heterocycles. The first kappa shape index (κ1) is 9.08. The molecule has 1 atom stereocenters. The summed E-state index contributed by atoms with van der Waals surface area (Å²) in [5.41, 5.74) is 0. The van der Waals surface area contributed by atoms with Crippen molar-refractivity contribution >= 4 is 17.4 Å². The van der Waals surface area contributed by atoms with Gasteiger partial charge in [0.05, 0.1) is 12.3 Å². The Morgan fingerprint density at radius 3 is 3.17 bits per heavy atom. The molecule has 0 aliphatic rings. The number of aliphatic hydroxyl groups excluding tert-OH is 1. The number of nitrogens with zero attached hydrogens (tertiary/aromatic N) is 2. The van der Waals surface area contributed by atoms with Crippen LogP contribution in [0.3, 0.4) is 0 Å². The van der Waals surface area contributed by atoms with Gasteiger partial charge in [0.25, 0.3) is 5.91 Å². The van der Waals surface area contributed by atoms with Gasteiger partial charge in [-0.15, -0.1) is 5.10 Å². The first-order valence-electron chi connectivity index (χ1n) is 3.44. The maximum atomic E-state index is 11.1. The van der Waals surface area contributed by atoms with Gasteiger partial charge in [0, 0.05) is 6.54 Å². The Bertz CT molecular complexity index is 247. The third-order valence-electron chi connectivity index (χ3n) is 1.14. The molecule has 2 N–H and O–H groups in total. The molecule has 0 spiro atoms. The number of carbonyl (C=O) groups is 1. The first-order chi connectivity index (χ1) is 5.70. The Balaban J connectivity index is 2.40. The molecule has 1 amide bonds. The zero-order chi connectivity index (χ0) is 8.97. The van der Waals surface area contributed by atoms with Crippen LogP contribution in [0.5, 0.6) is 0 Å². The molecule has 6 heteroatoms. The van der Waals surface area contributed by atoms with Crippen molar-refractivity contribution in [2.45, 2.75) is 13.0 Å². The van der Waals surface area contributed by atoms with Crippen LogP contribution in [0.15, 0.2) is 6.20 Å². The minimum absolute atomic E-state index is 0.245. The lowest BCUT2D eigenvalue weighted by Crippen LogP contribution is -2.29. The summed E-state index contributed by atoms with van der Waals surface area (Å²) < 4.78 is 3.54. The number of amides is 1. The molecule has 66 valence electrons. The van der Waals surface area contributed by atoms with E-state index in [1.54, 1.807) is 6.92 Å². The summed E-state index contributed by atoms with van der Waals surface area (Å²) in [4.78, 5) is 11.6. The standard InChI is InChI=1S/C6H9N3O2S/c1-4(10)2-7-6(11)5-3-8-9-12-5/h3-4,10H,2H2,1H3,(H,7,11). The zero-order valence-corrected chi connectivity index (χ0v) is 7.34. The molecule has 5 nitrogen and oxygen atoms in total. The van der Waals surface area contributed by atoms with E-state index in [1.165, 1.54) is 6.20 Å². The second kappa shape index (κ2) is 4.13. The highest BCUT2D eigenvalue weighted by Gasteiger charge is 2.07. The summed E-state index contributed by atoms with van der Waals surface area (Å²) >= 11 is 1.03. The fourth-order valence-corrected chi connectivity index (χ4v) is 1.03. The van der Waals surface area contributed by atoms with E-state index >= 15 is 0 Å². The molecule has 1 aromatic rings. The highest BCUT2D eigenvalue weighted by atomic mass is 32.1. The smallest absolute Gasteiger partial charge is 0.264 e. The van der Waals surface area contributed by atoms with Crippen LogP contribution < -0.4 is 5.32 Å². The monoisotopic (exact) mass is 187 g/mol. The molecular formula is C6H9N3O2S. The Labute approximate surface area is 73.6 Å². The minimum Gasteiger partial charge on any atom is -0.392 e. The highest BCUT2D eigenvalue weighted by molar-refractivity contribution is 7.07. The zero-order valence-electron chi connectivity index (χ0n) is 6.52. The van der Waals surface area contributed by atoms with Crippen LogP contribution in [0.4, 0.5) is 0 Å². The van der Waals surface area contributed by atoms with Gasteiger partial charge in [-0.1, -0.05) is 4.49 Å². The molecule has 0 aromatic carbocycles.